The fraction of sp³-hybridized carbons (Fsp3) is 0. The molecule has 1 heterocycles. The van der Waals surface area contributed by atoms with E-state index in [9.17, 15) is 0 Å². The summed E-state index contributed by atoms with van der Waals surface area (Å²) in [5.74, 6) is 0. The minimum Gasteiger partial charge on any atom is -0.457 e. The third-order valence-corrected chi connectivity index (χ3v) is 14.7. The molecule has 10 aromatic rings. The quantitative estimate of drug-likeness (QED) is 0.0979. The summed E-state index contributed by atoms with van der Waals surface area (Å²) in [7, 11) is 190. The van der Waals surface area contributed by atoms with Crippen LogP contribution in [0.4, 0.5) is 0 Å². The largest absolute Gasteiger partial charge is 0.457 e. The third kappa shape index (κ3) is 6.85. The Kier molecular flexibility index (Phi) is 13.0. The minimum atomic E-state index is -0.241. The Morgan fingerprint density at radius 3 is 0.640 bits per heavy atom. The van der Waals surface area contributed by atoms with Gasteiger partial charge in [0.15, 0.2) is 0 Å². The number of furan rings is 1. The molecule has 9 aromatic carbocycles. The SMILES string of the molecule is [B]c1c([B])c([B])c(-c2c([B])c([B])c3c(c2[B])c([B])c([B])c2c([B])c(-c4c5c([B])c([B])c([B])c([B])c5c(-c5c([B])c([B])c6oc7c([B])c([B])c([B])c([B])c7c6c5[B])c5c([B])c([B])c([B])c([B])c45)c([B])c([B])c23)c([B])c1[B]. The van der Waals surface area contributed by atoms with Gasteiger partial charge < -0.3 is 4.42 Å². The van der Waals surface area contributed by atoms with Crippen LogP contribution in [-0.4, -0.2) is 220 Å². The first-order valence-corrected chi connectivity index (χ1v) is 22.0. The van der Waals surface area contributed by atoms with Crippen molar-refractivity contribution < 1.29 is 4.42 Å². The molecule has 0 saturated carbocycles. The summed E-state index contributed by atoms with van der Waals surface area (Å²) in [5.41, 5.74) is -4.31. The number of benzene rings is 9. The Bertz CT molecular complexity index is 4330. The smallest absolute Gasteiger partial charge is 0.127 e. The molecule has 0 spiro atoms. The highest BCUT2D eigenvalue weighted by molar-refractivity contribution is 6.78. The van der Waals surface area contributed by atoms with Crippen molar-refractivity contribution in [2.45, 2.75) is 0 Å². The standard InChI is InChI=1S/C46B28O/c47-17-9(26(56)20(50)7-8-12(28(58)27(57)11(7)17)18(48)13(29(59)21(8)51)14-30(60)38(68)41(71)39(69)31(14)61)1-3-5(24(54)36(66)34(64)22(3)52)2(6-4(1)23(53)35(65)37(67)25(6)55)10-19(49)15-16-33(63)40(70)42(72)44(74)46(16)75-45(15)43(73)32(10)62. The first-order valence-electron chi connectivity index (χ1n) is 22.0. The average molecular weight is 871 g/mol. The van der Waals surface area contributed by atoms with Gasteiger partial charge in [-0.3, -0.25) is 0 Å². The van der Waals surface area contributed by atoms with Crippen LogP contribution in [0.15, 0.2) is 4.42 Å². The van der Waals surface area contributed by atoms with E-state index in [-0.39, 0.29) is 251 Å². The molecule has 0 atom stereocenters. The van der Waals surface area contributed by atoms with E-state index in [4.69, 9.17) is 224 Å². The van der Waals surface area contributed by atoms with E-state index >= 15 is 0 Å². The molecule has 0 N–H and O–H groups in total. The molecule has 56 radical (unpaired) electrons. The van der Waals surface area contributed by atoms with E-state index in [1.807, 2.05) is 0 Å². The number of hydrogen-bond donors (Lipinski definition) is 0. The fourth-order valence-electron chi connectivity index (χ4n) is 10.7. The van der Waals surface area contributed by atoms with Gasteiger partial charge in [0, 0.05) is 10.8 Å². The molecule has 0 amide bonds. The fourth-order valence-corrected chi connectivity index (χ4v) is 10.7. The third-order valence-electron chi connectivity index (χ3n) is 14.7. The van der Waals surface area contributed by atoms with Crippen LogP contribution in [0.1, 0.15) is 0 Å². The summed E-state index contributed by atoms with van der Waals surface area (Å²) >= 11 is 0. The molecule has 10 rings (SSSR count). The first-order chi connectivity index (χ1) is 35.0. The molecule has 0 saturated heterocycles. The van der Waals surface area contributed by atoms with E-state index < -0.39 is 0 Å². The van der Waals surface area contributed by atoms with Crippen LogP contribution in [0.5, 0.6) is 0 Å². The molecule has 0 aliphatic carbocycles. The van der Waals surface area contributed by atoms with Crippen molar-refractivity contribution >= 4 is 438 Å². The van der Waals surface area contributed by atoms with Crippen molar-refractivity contribution in [1.29, 1.82) is 0 Å². The van der Waals surface area contributed by atoms with Gasteiger partial charge in [-0.25, -0.2) is 0 Å². The van der Waals surface area contributed by atoms with E-state index in [0.717, 1.165) is 0 Å². The molecular formula is C46B28O. The predicted molar refractivity (Wildman–Crippen MR) is 351 cm³/mol. The van der Waals surface area contributed by atoms with Crippen LogP contribution in [0, 0.1) is 0 Å². The lowest BCUT2D eigenvalue weighted by Gasteiger charge is -2.33. The summed E-state index contributed by atoms with van der Waals surface area (Å²) in [5, 5.41) is 0.326. The zero-order valence-corrected chi connectivity index (χ0v) is 39.6. The lowest BCUT2D eigenvalue weighted by atomic mass is 9.55. The maximum Gasteiger partial charge on any atom is 0.127 e. The molecule has 1 nitrogen and oxygen atoms in total. The normalized spacial score (nSPS) is 11.9. The molecule has 0 fully saturated rings. The van der Waals surface area contributed by atoms with Gasteiger partial charge in [0.25, 0.3) is 0 Å². The van der Waals surface area contributed by atoms with E-state index in [0.29, 0.717) is 0 Å². The second kappa shape index (κ2) is 18.1. The van der Waals surface area contributed by atoms with Crippen molar-refractivity contribution in [3.05, 3.63) is 0 Å². The predicted octanol–water partition coefficient (Wildman–Crippen LogP) is -20.6. The van der Waals surface area contributed by atoms with Gasteiger partial charge in [-0.05, 0) is 76.5 Å². The van der Waals surface area contributed by atoms with E-state index in [2.05, 4.69) is 0 Å². The molecular weight excluding hydrogens is 871 g/mol. The highest BCUT2D eigenvalue weighted by Gasteiger charge is 2.31. The van der Waals surface area contributed by atoms with Crippen LogP contribution in [0.2, 0.25) is 0 Å². The lowest BCUT2D eigenvalue weighted by molar-refractivity contribution is 0.675. The molecule has 75 heavy (non-hydrogen) atoms. The number of fused-ring (bicyclic) bond motifs is 8. The number of rotatable bonds is 3. The Labute approximate surface area is 472 Å². The van der Waals surface area contributed by atoms with Crippen LogP contribution in [0.25, 0.3) is 98.4 Å². The zero-order valence-electron chi connectivity index (χ0n) is 39.6. The molecule has 0 aliphatic heterocycles. The van der Waals surface area contributed by atoms with Crippen molar-refractivity contribution in [2.75, 3.05) is 0 Å². The Morgan fingerprint density at radius 1 is 0.120 bits per heavy atom. The summed E-state index contributed by atoms with van der Waals surface area (Å²) in [6, 6.07) is 0. The highest BCUT2D eigenvalue weighted by atomic mass is 16.3. The van der Waals surface area contributed by atoms with Crippen LogP contribution in [0.3, 0.4) is 0 Å². The van der Waals surface area contributed by atoms with Gasteiger partial charge in [-0.1, -0.05) is 104 Å². The average Bonchev–Trinajstić information content (AvgIpc) is 3.79. The topological polar surface area (TPSA) is 13.1 Å². The van der Waals surface area contributed by atoms with Gasteiger partial charge in [0.2, 0.25) is 0 Å². The molecule has 0 unspecified atom stereocenters. The van der Waals surface area contributed by atoms with Gasteiger partial charge >= 0.3 is 0 Å². The van der Waals surface area contributed by atoms with Crippen LogP contribution < -0.4 is 153 Å². The maximum absolute atomic E-state index is 7.37. The monoisotopic (exact) mass is 876 g/mol. The van der Waals surface area contributed by atoms with E-state index in [1.54, 1.807) is 0 Å². The number of hydrogen-bond acceptors (Lipinski definition) is 1. The van der Waals surface area contributed by atoms with Gasteiger partial charge in [-0.15, -0.1) is 49.2 Å². The van der Waals surface area contributed by atoms with Crippen molar-refractivity contribution in [3.8, 4) is 33.4 Å². The zero-order chi connectivity index (χ0) is 55.3. The van der Waals surface area contributed by atoms with Gasteiger partial charge in [0.05, 0.1) is 0 Å². The summed E-state index contributed by atoms with van der Waals surface area (Å²) in [4.78, 5) is 0. The van der Waals surface area contributed by atoms with Crippen molar-refractivity contribution in [1.82, 2.24) is 0 Å². The summed E-state index contributed by atoms with van der Waals surface area (Å²) in [6.07, 6.45) is 0. The van der Waals surface area contributed by atoms with Crippen molar-refractivity contribution in [2.24, 2.45) is 0 Å². The first kappa shape index (κ1) is 54.0. The Hall–Kier alpha value is -4.36. The van der Waals surface area contributed by atoms with Crippen molar-refractivity contribution in [3.63, 3.8) is 0 Å². The molecule has 29 heteroatoms. The summed E-state index contributed by atoms with van der Waals surface area (Å²) in [6.45, 7) is 0. The minimum absolute atomic E-state index is 0.00226. The van der Waals surface area contributed by atoms with Crippen LogP contribution in [-0.2, 0) is 0 Å². The second-order valence-electron chi connectivity index (χ2n) is 18.3. The van der Waals surface area contributed by atoms with Crippen LogP contribution >= 0.6 is 0 Å². The Balaban J connectivity index is 1.45. The highest BCUT2D eigenvalue weighted by Crippen LogP contribution is 2.40. The van der Waals surface area contributed by atoms with Gasteiger partial charge in [-0.2, -0.15) is 0 Å². The summed E-state index contributed by atoms with van der Waals surface area (Å²) < 4.78 is 6.18. The molecule has 0 aliphatic rings. The molecule has 0 bridgehead atoms. The van der Waals surface area contributed by atoms with Gasteiger partial charge in [0.1, 0.15) is 231 Å². The maximum atomic E-state index is 7.37. The second-order valence-corrected chi connectivity index (χ2v) is 18.3. The molecule has 274 valence electrons. The Morgan fingerprint density at radius 2 is 0.293 bits per heavy atom. The molecule has 1 aromatic heterocycles. The lowest BCUT2D eigenvalue weighted by Crippen LogP contribution is -2.56. The van der Waals surface area contributed by atoms with E-state index in [1.165, 1.54) is 0 Å².